The van der Waals surface area contributed by atoms with Gasteiger partial charge in [0.05, 0.1) is 5.39 Å². The zero-order valence-corrected chi connectivity index (χ0v) is 10.5. The van der Waals surface area contributed by atoms with Crippen molar-refractivity contribution in [2.24, 2.45) is 0 Å². The van der Waals surface area contributed by atoms with Crippen LogP contribution >= 0.6 is 11.3 Å². The number of thiophene rings is 1. The Bertz CT molecular complexity index is 561. The third kappa shape index (κ3) is 1.84. The molecule has 4 N–H and O–H groups in total. The number of nitrogens with zero attached hydrogens (tertiary/aromatic N) is 2. The summed E-state index contributed by atoms with van der Waals surface area (Å²) in [5.41, 5.74) is 13.0. The van der Waals surface area contributed by atoms with Gasteiger partial charge in [0.25, 0.3) is 0 Å². The number of hydrogen-bond acceptors (Lipinski definition) is 5. The Morgan fingerprint density at radius 3 is 2.53 bits per heavy atom. The van der Waals surface area contributed by atoms with Crippen molar-refractivity contribution in [3.8, 4) is 0 Å². The molecule has 0 saturated carbocycles. The fourth-order valence-corrected chi connectivity index (χ4v) is 3.83. The van der Waals surface area contributed by atoms with Gasteiger partial charge in [0.1, 0.15) is 10.6 Å². The van der Waals surface area contributed by atoms with Crippen molar-refractivity contribution < 1.29 is 0 Å². The molecule has 90 valence electrons. The van der Waals surface area contributed by atoms with Gasteiger partial charge in [-0.25, -0.2) is 4.98 Å². The Morgan fingerprint density at radius 1 is 0.941 bits per heavy atom. The molecule has 0 radical (unpaired) electrons. The van der Waals surface area contributed by atoms with Crippen molar-refractivity contribution in [1.29, 1.82) is 0 Å². The molecule has 0 fully saturated rings. The van der Waals surface area contributed by atoms with E-state index in [9.17, 15) is 0 Å². The van der Waals surface area contributed by atoms with E-state index < -0.39 is 0 Å². The van der Waals surface area contributed by atoms with Crippen LogP contribution in [0.15, 0.2) is 0 Å². The zero-order valence-electron chi connectivity index (χ0n) is 9.70. The van der Waals surface area contributed by atoms with Crippen LogP contribution < -0.4 is 11.5 Å². The minimum atomic E-state index is 0.282. The SMILES string of the molecule is Nc1nc(N)c2c3c(sc2n1)CCCCCC3. The molecule has 0 unspecified atom stereocenters. The Morgan fingerprint density at radius 2 is 1.71 bits per heavy atom. The van der Waals surface area contributed by atoms with Crippen LogP contribution in [0.5, 0.6) is 0 Å². The monoisotopic (exact) mass is 248 g/mol. The molecular formula is C12H16N4S. The normalized spacial score (nSPS) is 16.5. The van der Waals surface area contributed by atoms with E-state index in [1.54, 1.807) is 11.3 Å². The van der Waals surface area contributed by atoms with Gasteiger partial charge in [-0.2, -0.15) is 4.98 Å². The predicted octanol–water partition coefficient (Wildman–Crippen LogP) is 2.51. The summed E-state index contributed by atoms with van der Waals surface area (Å²) in [6.45, 7) is 0. The van der Waals surface area contributed by atoms with E-state index in [1.165, 1.54) is 36.1 Å². The second-order valence-corrected chi connectivity index (χ2v) is 5.65. The fourth-order valence-electron chi connectivity index (χ4n) is 2.56. The average molecular weight is 248 g/mol. The minimum Gasteiger partial charge on any atom is -0.383 e. The second-order valence-electron chi connectivity index (χ2n) is 4.57. The van der Waals surface area contributed by atoms with Gasteiger partial charge in [-0.3, -0.25) is 0 Å². The van der Waals surface area contributed by atoms with Crippen molar-refractivity contribution in [3.63, 3.8) is 0 Å². The van der Waals surface area contributed by atoms with Gasteiger partial charge in [0, 0.05) is 4.88 Å². The molecular weight excluding hydrogens is 232 g/mol. The molecule has 0 atom stereocenters. The maximum Gasteiger partial charge on any atom is 0.223 e. The van der Waals surface area contributed by atoms with Crippen LogP contribution in [0.4, 0.5) is 11.8 Å². The second kappa shape index (κ2) is 4.14. The number of aryl methyl sites for hydroxylation is 2. The molecule has 2 aromatic heterocycles. The molecule has 1 aliphatic rings. The molecule has 2 heterocycles. The standard InChI is InChI=1S/C12H16N4S/c13-10-9-7-5-3-1-2-4-6-8(7)17-11(9)16-12(14)15-10/h1-6H2,(H4,13,14,15,16). The number of rotatable bonds is 0. The molecule has 4 nitrogen and oxygen atoms in total. The Kier molecular flexibility index (Phi) is 2.63. The highest BCUT2D eigenvalue weighted by atomic mass is 32.1. The van der Waals surface area contributed by atoms with Gasteiger partial charge < -0.3 is 11.5 Å². The number of nitrogen functional groups attached to an aromatic ring is 2. The lowest BCUT2D eigenvalue weighted by atomic mass is 9.98. The Balaban J connectivity index is 2.22. The van der Waals surface area contributed by atoms with E-state index in [0.29, 0.717) is 5.82 Å². The number of aromatic nitrogens is 2. The lowest BCUT2D eigenvalue weighted by Gasteiger charge is -2.09. The summed E-state index contributed by atoms with van der Waals surface area (Å²) in [4.78, 5) is 10.8. The summed E-state index contributed by atoms with van der Waals surface area (Å²) in [7, 11) is 0. The van der Waals surface area contributed by atoms with E-state index in [1.807, 2.05) is 0 Å². The maximum atomic E-state index is 5.99. The minimum absolute atomic E-state index is 0.282. The van der Waals surface area contributed by atoms with Crippen LogP contribution in [0.25, 0.3) is 10.2 Å². The van der Waals surface area contributed by atoms with E-state index >= 15 is 0 Å². The van der Waals surface area contributed by atoms with Crippen LogP contribution in [0, 0.1) is 0 Å². The Labute approximate surface area is 104 Å². The molecule has 0 amide bonds. The number of anilines is 2. The predicted molar refractivity (Wildman–Crippen MR) is 72.1 cm³/mol. The van der Waals surface area contributed by atoms with Gasteiger partial charge >= 0.3 is 0 Å². The molecule has 0 aliphatic heterocycles. The summed E-state index contributed by atoms with van der Waals surface area (Å²) in [6.07, 6.45) is 7.40. The summed E-state index contributed by atoms with van der Waals surface area (Å²) < 4.78 is 0. The van der Waals surface area contributed by atoms with Gasteiger partial charge in [0.2, 0.25) is 5.95 Å². The third-order valence-corrected chi connectivity index (χ3v) is 4.55. The van der Waals surface area contributed by atoms with Crippen LogP contribution in [-0.4, -0.2) is 9.97 Å². The van der Waals surface area contributed by atoms with Crippen molar-refractivity contribution in [2.75, 3.05) is 11.5 Å². The topological polar surface area (TPSA) is 77.8 Å². The molecule has 17 heavy (non-hydrogen) atoms. The first-order chi connectivity index (χ1) is 8.25. The van der Waals surface area contributed by atoms with Crippen molar-refractivity contribution in [1.82, 2.24) is 9.97 Å². The van der Waals surface area contributed by atoms with Gasteiger partial charge in [-0.05, 0) is 31.2 Å². The number of fused-ring (bicyclic) bond motifs is 3. The first-order valence-corrected chi connectivity index (χ1v) is 6.90. The fraction of sp³-hybridized carbons (Fsp3) is 0.500. The maximum absolute atomic E-state index is 5.99. The average Bonchev–Trinajstić information content (AvgIpc) is 2.55. The van der Waals surface area contributed by atoms with Crippen LogP contribution in [0.3, 0.4) is 0 Å². The lowest BCUT2D eigenvalue weighted by molar-refractivity contribution is 0.624. The van der Waals surface area contributed by atoms with E-state index in [2.05, 4.69) is 9.97 Å². The summed E-state index contributed by atoms with van der Waals surface area (Å²) >= 11 is 1.74. The van der Waals surface area contributed by atoms with Gasteiger partial charge in [-0.1, -0.05) is 12.8 Å². The molecule has 0 bridgehead atoms. The van der Waals surface area contributed by atoms with Gasteiger partial charge in [-0.15, -0.1) is 11.3 Å². The zero-order chi connectivity index (χ0) is 11.8. The molecule has 0 spiro atoms. The molecule has 0 aromatic carbocycles. The quantitative estimate of drug-likeness (QED) is 0.751. The highest BCUT2D eigenvalue weighted by molar-refractivity contribution is 7.19. The van der Waals surface area contributed by atoms with Crippen molar-refractivity contribution in [3.05, 3.63) is 10.4 Å². The van der Waals surface area contributed by atoms with E-state index in [-0.39, 0.29) is 5.95 Å². The molecule has 2 aromatic rings. The molecule has 1 aliphatic carbocycles. The number of nitrogens with two attached hydrogens (primary N) is 2. The first-order valence-electron chi connectivity index (χ1n) is 6.09. The largest absolute Gasteiger partial charge is 0.383 e. The van der Waals surface area contributed by atoms with Crippen LogP contribution in [0.1, 0.15) is 36.1 Å². The third-order valence-electron chi connectivity index (χ3n) is 3.36. The van der Waals surface area contributed by atoms with E-state index in [4.69, 9.17) is 11.5 Å². The molecule has 3 rings (SSSR count). The number of hydrogen-bond donors (Lipinski definition) is 2. The van der Waals surface area contributed by atoms with Gasteiger partial charge in [0.15, 0.2) is 0 Å². The highest BCUT2D eigenvalue weighted by Gasteiger charge is 2.17. The first kappa shape index (κ1) is 10.8. The summed E-state index contributed by atoms with van der Waals surface area (Å²) in [6, 6.07) is 0. The summed E-state index contributed by atoms with van der Waals surface area (Å²) in [5.74, 6) is 0.829. The van der Waals surface area contributed by atoms with Crippen molar-refractivity contribution in [2.45, 2.75) is 38.5 Å². The Hall–Kier alpha value is -1.36. The molecule has 0 saturated heterocycles. The highest BCUT2D eigenvalue weighted by Crippen LogP contribution is 2.36. The lowest BCUT2D eigenvalue weighted by Crippen LogP contribution is -2.01. The van der Waals surface area contributed by atoms with E-state index in [0.717, 1.165) is 23.1 Å². The molecule has 5 heteroatoms. The van der Waals surface area contributed by atoms with Crippen molar-refractivity contribution >= 4 is 33.3 Å². The van der Waals surface area contributed by atoms with Crippen LogP contribution in [-0.2, 0) is 12.8 Å². The van der Waals surface area contributed by atoms with Crippen LogP contribution in [0.2, 0.25) is 0 Å². The summed E-state index contributed by atoms with van der Waals surface area (Å²) in [5, 5.41) is 1.06. The smallest absolute Gasteiger partial charge is 0.223 e.